The quantitative estimate of drug-likeness (QED) is 0.710. The van der Waals surface area contributed by atoms with Crippen LogP contribution in [0.15, 0.2) is 22.7 Å². The fourth-order valence-electron chi connectivity index (χ4n) is 1.85. The van der Waals surface area contributed by atoms with Gasteiger partial charge < -0.3 is 14.8 Å². The molecular formula is C17H28BrNO2. The van der Waals surface area contributed by atoms with Gasteiger partial charge in [0, 0.05) is 25.6 Å². The molecule has 0 heterocycles. The van der Waals surface area contributed by atoms with E-state index in [1.807, 2.05) is 12.1 Å². The SMILES string of the molecule is COC(C)(C)CCOc1c(Br)cccc1CNCC(C)C. The highest BCUT2D eigenvalue weighted by Gasteiger charge is 2.17. The van der Waals surface area contributed by atoms with Crippen LogP contribution >= 0.6 is 15.9 Å². The van der Waals surface area contributed by atoms with Crippen molar-refractivity contribution in [1.82, 2.24) is 5.32 Å². The Morgan fingerprint density at radius 2 is 2.00 bits per heavy atom. The van der Waals surface area contributed by atoms with Crippen molar-refractivity contribution in [2.45, 2.75) is 46.3 Å². The first-order valence-corrected chi connectivity index (χ1v) is 8.31. The van der Waals surface area contributed by atoms with Crippen LogP contribution in [0.2, 0.25) is 0 Å². The lowest BCUT2D eigenvalue weighted by Crippen LogP contribution is -2.25. The maximum absolute atomic E-state index is 6.00. The second-order valence-electron chi connectivity index (χ2n) is 6.32. The fraction of sp³-hybridized carbons (Fsp3) is 0.647. The summed E-state index contributed by atoms with van der Waals surface area (Å²) in [5, 5.41) is 3.46. The van der Waals surface area contributed by atoms with E-state index in [0.29, 0.717) is 12.5 Å². The Bertz CT molecular complexity index is 433. The molecule has 1 N–H and O–H groups in total. The minimum absolute atomic E-state index is 0.155. The Labute approximate surface area is 137 Å². The van der Waals surface area contributed by atoms with E-state index in [1.165, 1.54) is 5.56 Å². The number of hydrogen-bond donors (Lipinski definition) is 1. The van der Waals surface area contributed by atoms with Crippen molar-refractivity contribution in [2.75, 3.05) is 20.3 Å². The predicted octanol–water partition coefficient (Wildman–Crippen LogP) is 4.39. The van der Waals surface area contributed by atoms with Crippen molar-refractivity contribution in [3.8, 4) is 5.75 Å². The molecule has 0 radical (unpaired) electrons. The van der Waals surface area contributed by atoms with E-state index >= 15 is 0 Å². The normalized spacial score (nSPS) is 12.0. The number of benzene rings is 1. The Balaban J connectivity index is 2.63. The van der Waals surface area contributed by atoms with Crippen molar-refractivity contribution in [2.24, 2.45) is 5.92 Å². The summed E-state index contributed by atoms with van der Waals surface area (Å²) in [7, 11) is 1.74. The average Bonchev–Trinajstić information content (AvgIpc) is 2.41. The Morgan fingerprint density at radius 1 is 1.29 bits per heavy atom. The lowest BCUT2D eigenvalue weighted by atomic mass is 10.1. The van der Waals surface area contributed by atoms with Crippen molar-refractivity contribution in [3.63, 3.8) is 0 Å². The van der Waals surface area contributed by atoms with Crippen LogP contribution in [0.3, 0.4) is 0 Å². The summed E-state index contributed by atoms with van der Waals surface area (Å²) in [6.45, 7) is 11.0. The summed E-state index contributed by atoms with van der Waals surface area (Å²) in [6, 6.07) is 6.17. The number of nitrogens with one attached hydrogen (secondary N) is 1. The molecule has 0 saturated carbocycles. The summed E-state index contributed by atoms with van der Waals surface area (Å²) in [4.78, 5) is 0. The molecule has 0 bridgehead atoms. The van der Waals surface area contributed by atoms with Crippen molar-refractivity contribution >= 4 is 15.9 Å². The highest BCUT2D eigenvalue weighted by Crippen LogP contribution is 2.29. The molecule has 0 aliphatic carbocycles. The number of halogens is 1. The van der Waals surface area contributed by atoms with Crippen molar-refractivity contribution in [3.05, 3.63) is 28.2 Å². The maximum atomic E-state index is 6.00. The van der Waals surface area contributed by atoms with Gasteiger partial charge in [-0.25, -0.2) is 0 Å². The average molecular weight is 358 g/mol. The van der Waals surface area contributed by atoms with Crippen LogP contribution in [0.1, 0.15) is 39.7 Å². The minimum Gasteiger partial charge on any atom is -0.492 e. The molecule has 0 aromatic heterocycles. The second-order valence-corrected chi connectivity index (χ2v) is 7.17. The molecule has 3 nitrogen and oxygen atoms in total. The van der Waals surface area contributed by atoms with Gasteiger partial charge in [0.15, 0.2) is 0 Å². The number of hydrogen-bond acceptors (Lipinski definition) is 3. The first-order chi connectivity index (χ1) is 9.85. The summed E-state index contributed by atoms with van der Waals surface area (Å²) >= 11 is 3.58. The third-order valence-electron chi connectivity index (χ3n) is 3.42. The smallest absolute Gasteiger partial charge is 0.137 e. The van der Waals surface area contributed by atoms with E-state index in [2.05, 4.69) is 55.0 Å². The maximum Gasteiger partial charge on any atom is 0.137 e. The zero-order valence-corrected chi connectivity index (χ0v) is 15.4. The molecule has 0 spiro atoms. The summed E-state index contributed by atoms with van der Waals surface area (Å²) in [6.07, 6.45) is 0.851. The van der Waals surface area contributed by atoms with Gasteiger partial charge in [0.05, 0.1) is 16.7 Å². The Morgan fingerprint density at radius 3 is 2.62 bits per heavy atom. The molecule has 1 aromatic rings. The van der Waals surface area contributed by atoms with Crippen LogP contribution in [0.25, 0.3) is 0 Å². The number of rotatable bonds is 9. The van der Waals surface area contributed by atoms with E-state index in [9.17, 15) is 0 Å². The molecule has 1 rings (SSSR count). The molecule has 0 aliphatic rings. The molecule has 0 atom stereocenters. The molecule has 1 aromatic carbocycles. The van der Waals surface area contributed by atoms with Crippen LogP contribution in [0, 0.1) is 5.92 Å². The summed E-state index contributed by atoms with van der Waals surface area (Å²) < 4.78 is 12.4. The second kappa shape index (κ2) is 8.76. The Kier molecular flexibility index (Phi) is 7.71. The molecular weight excluding hydrogens is 330 g/mol. The molecule has 0 unspecified atom stereocenters. The monoisotopic (exact) mass is 357 g/mol. The third kappa shape index (κ3) is 6.81. The van der Waals surface area contributed by atoms with E-state index in [-0.39, 0.29) is 5.60 Å². The lowest BCUT2D eigenvalue weighted by Gasteiger charge is -2.23. The van der Waals surface area contributed by atoms with Gasteiger partial charge in [0.25, 0.3) is 0 Å². The van der Waals surface area contributed by atoms with Gasteiger partial charge in [0.1, 0.15) is 5.75 Å². The third-order valence-corrected chi connectivity index (χ3v) is 4.04. The molecule has 0 fully saturated rings. The van der Waals surface area contributed by atoms with Crippen LogP contribution in [0.4, 0.5) is 0 Å². The van der Waals surface area contributed by atoms with Crippen molar-refractivity contribution in [1.29, 1.82) is 0 Å². The van der Waals surface area contributed by atoms with Crippen LogP contribution in [0.5, 0.6) is 5.75 Å². The topological polar surface area (TPSA) is 30.5 Å². The largest absolute Gasteiger partial charge is 0.492 e. The highest BCUT2D eigenvalue weighted by molar-refractivity contribution is 9.10. The molecule has 21 heavy (non-hydrogen) atoms. The van der Waals surface area contributed by atoms with Crippen molar-refractivity contribution < 1.29 is 9.47 Å². The first kappa shape index (κ1) is 18.5. The molecule has 4 heteroatoms. The van der Waals surface area contributed by atoms with E-state index in [1.54, 1.807) is 7.11 Å². The number of ether oxygens (including phenoxy) is 2. The van der Waals surface area contributed by atoms with Gasteiger partial charge >= 0.3 is 0 Å². The zero-order valence-electron chi connectivity index (χ0n) is 13.8. The lowest BCUT2D eigenvalue weighted by molar-refractivity contribution is 0.00530. The van der Waals surface area contributed by atoms with E-state index in [0.717, 1.165) is 29.7 Å². The highest BCUT2D eigenvalue weighted by atomic mass is 79.9. The zero-order chi connectivity index (χ0) is 15.9. The fourth-order valence-corrected chi connectivity index (χ4v) is 2.37. The number of methoxy groups -OCH3 is 1. The molecule has 120 valence electrons. The molecule has 0 amide bonds. The van der Waals surface area contributed by atoms with E-state index in [4.69, 9.17) is 9.47 Å². The standard InChI is InChI=1S/C17H28BrNO2/c1-13(2)11-19-12-14-7-6-8-15(18)16(14)21-10-9-17(3,4)20-5/h6-8,13,19H,9-12H2,1-5H3. The molecule has 0 saturated heterocycles. The Hall–Kier alpha value is -0.580. The van der Waals surface area contributed by atoms with Gasteiger partial charge in [-0.05, 0) is 48.3 Å². The van der Waals surface area contributed by atoms with Crippen LogP contribution in [-0.4, -0.2) is 25.9 Å². The first-order valence-electron chi connectivity index (χ1n) is 7.52. The van der Waals surface area contributed by atoms with E-state index < -0.39 is 0 Å². The minimum atomic E-state index is -0.155. The summed E-state index contributed by atoms with van der Waals surface area (Å²) in [5.41, 5.74) is 1.03. The van der Waals surface area contributed by atoms with Gasteiger partial charge in [-0.2, -0.15) is 0 Å². The molecule has 0 aliphatic heterocycles. The van der Waals surface area contributed by atoms with Crippen LogP contribution < -0.4 is 10.1 Å². The van der Waals surface area contributed by atoms with Gasteiger partial charge in [0.2, 0.25) is 0 Å². The van der Waals surface area contributed by atoms with Gasteiger partial charge in [-0.3, -0.25) is 0 Å². The van der Waals surface area contributed by atoms with Gasteiger partial charge in [-0.1, -0.05) is 26.0 Å². The predicted molar refractivity (Wildman–Crippen MR) is 91.9 cm³/mol. The van der Waals surface area contributed by atoms with Crippen LogP contribution in [-0.2, 0) is 11.3 Å². The summed E-state index contributed by atoms with van der Waals surface area (Å²) in [5.74, 6) is 1.57. The number of para-hydroxylation sites is 1. The van der Waals surface area contributed by atoms with Gasteiger partial charge in [-0.15, -0.1) is 0 Å².